The van der Waals surface area contributed by atoms with E-state index < -0.39 is 0 Å². The minimum Gasteiger partial charge on any atom is -0.344 e. The molecule has 2 aromatic rings. The number of halogens is 1. The first-order valence-electron chi connectivity index (χ1n) is 3.90. The molecule has 2 rings (SSSR count). The Labute approximate surface area is 74.6 Å². The molecule has 0 fully saturated rings. The molecule has 0 amide bonds. The highest BCUT2D eigenvalue weighted by molar-refractivity contribution is 5.84. The Balaban J connectivity index is 2.90. The summed E-state index contributed by atoms with van der Waals surface area (Å²) in [5.74, 6) is -0.317. The molecule has 13 heavy (non-hydrogen) atoms. The van der Waals surface area contributed by atoms with Crippen LogP contribution < -0.4 is 0 Å². The predicted molar refractivity (Wildman–Crippen MR) is 47.7 cm³/mol. The standard InChI is InChI=1S/C10H7FN2/c1-6-2-3-9(11)10-8(6)4-7(5-12)13-10/h2-4,13H,1H3. The summed E-state index contributed by atoms with van der Waals surface area (Å²) >= 11 is 0. The van der Waals surface area contributed by atoms with Gasteiger partial charge in [0.2, 0.25) is 0 Å². The second kappa shape index (κ2) is 2.60. The van der Waals surface area contributed by atoms with Crippen LogP contribution in [0.25, 0.3) is 10.9 Å². The largest absolute Gasteiger partial charge is 0.344 e. The molecule has 1 heterocycles. The lowest BCUT2D eigenvalue weighted by atomic mass is 10.1. The van der Waals surface area contributed by atoms with E-state index in [1.807, 2.05) is 13.0 Å². The van der Waals surface area contributed by atoms with E-state index >= 15 is 0 Å². The molecule has 3 heteroatoms. The summed E-state index contributed by atoms with van der Waals surface area (Å²) in [6, 6.07) is 6.71. The highest BCUT2D eigenvalue weighted by Crippen LogP contribution is 2.21. The van der Waals surface area contributed by atoms with Gasteiger partial charge in [-0.1, -0.05) is 6.07 Å². The average molecular weight is 174 g/mol. The van der Waals surface area contributed by atoms with E-state index in [1.165, 1.54) is 6.07 Å². The van der Waals surface area contributed by atoms with Crippen LogP contribution in [0.5, 0.6) is 0 Å². The third-order valence-corrected chi connectivity index (χ3v) is 2.08. The number of hydrogen-bond donors (Lipinski definition) is 1. The van der Waals surface area contributed by atoms with Gasteiger partial charge in [0.25, 0.3) is 0 Å². The van der Waals surface area contributed by atoms with Crippen molar-refractivity contribution in [3.8, 4) is 6.07 Å². The van der Waals surface area contributed by atoms with Gasteiger partial charge in [0, 0.05) is 5.39 Å². The van der Waals surface area contributed by atoms with Crippen molar-refractivity contribution >= 4 is 10.9 Å². The Kier molecular flexibility index (Phi) is 1.56. The third-order valence-electron chi connectivity index (χ3n) is 2.08. The van der Waals surface area contributed by atoms with Crippen molar-refractivity contribution in [3.05, 3.63) is 35.3 Å². The summed E-state index contributed by atoms with van der Waals surface area (Å²) in [5.41, 5.74) is 1.77. The molecule has 1 aromatic carbocycles. The fraction of sp³-hybridized carbons (Fsp3) is 0.100. The zero-order valence-corrected chi connectivity index (χ0v) is 7.06. The summed E-state index contributed by atoms with van der Waals surface area (Å²) in [4.78, 5) is 2.72. The number of rotatable bonds is 0. The zero-order valence-electron chi connectivity index (χ0n) is 7.06. The second-order valence-corrected chi connectivity index (χ2v) is 2.95. The van der Waals surface area contributed by atoms with Crippen LogP contribution >= 0.6 is 0 Å². The number of hydrogen-bond acceptors (Lipinski definition) is 1. The molecule has 64 valence electrons. The SMILES string of the molecule is Cc1ccc(F)c2[nH]c(C#N)cc12. The van der Waals surface area contributed by atoms with E-state index in [0.29, 0.717) is 11.2 Å². The molecule has 2 nitrogen and oxygen atoms in total. The van der Waals surface area contributed by atoms with Crippen LogP contribution in [0.15, 0.2) is 18.2 Å². The maximum atomic E-state index is 13.2. The van der Waals surface area contributed by atoms with Crippen LogP contribution in [-0.2, 0) is 0 Å². The first-order chi connectivity index (χ1) is 6.22. The maximum Gasteiger partial charge on any atom is 0.147 e. The minimum absolute atomic E-state index is 0.317. The van der Waals surface area contributed by atoms with Crippen molar-refractivity contribution in [2.75, 3.05) is 0 Å². The van der Waals surface area contributed by atoms with Crippen LogP contribution in [0.4, 0.5) is 4.39 Å². The predicted octanol–water partition coefficient (Wildman–Crippen LogP) is 2.49. The van der Waals surface area contributed by atoms with Gasteiger partial charge in [-0.3, -0.25) is 0 Å². The number of nitrogens with zero attached hydrogens (tertiary/aromatic N) is 1. The number of fused-ring (bicyclic) bond motifs is 1. The molecule has 0 aliphatic carbocycles. The van der Waals surface area contributed by atoms with E-state index in [1.54, 1.807) is 12.1 Å². The Bertz CT molecular complexity index is 466. The number of aromatic nitrogens is 1. The van der Waals surface area contributed by atoms with Gasteiger partial charge < -0.3 is 4.98 Å². The molecule has 0 atom stereocenters. The van der Waals surface area contributed by atoms with Crippen molar-refractivity contribution in [1.29, 1.82) is 5.26 Å². The number of nitriles is 1. The highest BCUT2D eigenvalue weighted by Gasteiger charge is 2.06. The normalized spacial score (nSPS) is 10.2. The smallest absolute Gasteiger partial charge is 0.147 e. The van der Waals surface area contributed by atoms with E-state index in [2.05, 4.69) is 4.98 Å². The molecule has 0 saturated carbocycles. The van der Waals surface area contributed by atoms with Crippen molar-refractivity contribution in [1.82, 2.24) is 4.98 Å². The van der Waals surface area contributed by atoms with Crippen molar-refractivity contribution in [2.45, 2.75) is 6.92 Å². The number of aromatic amines is 1. The molecule has 1 N–H and O–H groups in total. The Hall–Kier alpha value is -1.82. The second-order valence-electron chi connectivity index (χ2n) is 2.95. The maximum absolute atomic E-state index is 13.2. The number of nitrogens with one attached hydrogen (secondary N) is 1. The van der Waals surface area contributed by atoms with Crippen LogP contribution in [0.2, 0.25) is 0 Å². The molecule has 0 aliphatic heterocycles. The fourth-order valence-electron chi connectivity index (χ4n) is 1.39. The minimum atomic E-state index is -0.317. The first kappa shape index (κ1) is 7.81. The molecule has 0 unspecified atom stereocenters. The molecule has 1 aromatic heterocycles. The molecule has 0 saturated heterocycles. The van der Waals surface area contributed by atoms with Gasteiger partial charge in [-0.25, -0.2) is 4.39 Å². The topological polar surface area (TPSA) is 39.6 Å². The van der Waals surface area contributed by atoms with E-state index in [-0.39, 0.29) is 5.82 Å². The monoisotopic (exact) mass is 174 g/mol. The Morgan fingerprint density at radius 2 is 2.23 bits per heavy atom. The molecular weight excluding hydrogens is 167 g/mol. The van der Waals surface area contributed by atoms with Gasteiger partial charge in [0.15, 0.2) is 0 Å². The van der Waals surface area contributed by atoms with Crippen LogP contribution in [-0.4, -0.2) is 4.98 Å². The van der Waals surface area contributed by atoms with Crippen molar-refractivity contribution in [2.24, 2.45) is 0 Å². The zero-order chi connectivity index (χ0) is 9.42. The van der Waals surface area contributed by atoms with Gasteiger partial charge in [0.1, 0.15) is 17.6 Å². The lowest BCUT2D eigenvalue weighted by molar-refractivity contribution is 0.637. The first-order valence-corrected chi connectivity index (χ1v) is 3.90. The Morgan fingerprint density at radius 3 is 2.85 bits per heavy atom. The molecule has 0 bridgehead atoms. The van der Waals surface area contributed by atoms with E-state index in [9.17, 15) is 4.39 Å². The van der Waals surface area contributed by atoms with Gasteiger partial charge in [-0.05, 0) is 24.6 Å². The summed E-state index contributed by atoms with van der Waals surface area (Å²) in [7, 11) is 0. The van der Waals surface area contributed by atoms with Gasteiger partial charge >= 0.3 is 0 Å². The van der Waals surface area contributed by atoms with Crippen LogP contribution in [0.3, 0.4) is 0 Å². The van der Waals surface area contributed by atoms with Crippen LogP contribution in [0, 0.1) is 24.1 Å². The van der Waals surface area contributed by atoms with E-state index in [4.69, 9.17) is 5.26 Å². The Morgan fingerprint density at radius 1 is 1.46 bits per heavy atom. The van der Waals surface area contributed by atoms with Gasteiger partial charge in [-0.15, -0.1) is 0 Å². The summed E-state index contributed by atoms with van der Waals surface area (Å²) in [5, 5.41) is 9.39. The quantitative estimate of drug-likeness (QED) is 0.654. The molecule has 0 aliphatic rings. The van der Waals surface area contributed by atoms with Crippen molar-refractivity contribution in [3.63, 3.8) is 0 Å². The fourth-order valence-corrected chi connectivity index (χ4v) is 1.39. The van der Waals surface area contributed by atoms with Crippen LogP contribution in [0.1, 0.15) is 11.3 Å². The van der Waals surface area contributed by atoms with E-state index in [0.717, 1.165) is 10.9 Å². The van der Waals surface area contributed by atoms with Crippen molar-refractivity contribution < 1.29 is 4.39 Å². The number of benzene rings is 1. The van der Waals surface area contributed by atoms with Gasteiger partial charge in [0.05, 0.1) is 5.52 Å². The summed E-state index contributed by atoms with van der Waals surface area (Å²) in [6.45, 7) is 1.89. The lowest BCUT2D eigenvalue weighted by Gasteiger charge is -1.95. The lowest BCUT2D eigenvalue weighted by Crippen LogP contribution is -1.80. The molecule has 0 radical (unpaired) electrons. The highest BCUT2D eigenvalue weighted by atomic mass is 19.1. The molecular formula is C10H7FN2. The average Bonchev–Trinajstić information content (AvgIpc) is 2.56. The summed E-state index contributed by atoms with van der Waals surface area (Å²) < 4.78 is 13.2. The molecule has 0 spiro atoms. The third kappa shape index (κ3) is 1.07. The number of H-pyrrole nitrogens is 1. The van der Waals surface area contributed by atoms with Gasteiger partial charge in [-0.2, -0.15) is 5.26 Å². The number of aryl methyl sites for hydroxylation is 1. The summed E-state index contributed by atoms with van der Waals surface area (Å²) in [6.07, 6.45) is 0.